The van der Waals surface area contributed by atoms with E-state index in [9.17, 15) is 19.1 Å². The molecule has 1 N–H and O–H groups in total. The minimum absolute atomic E-state index is 0.0429. The van der Waals surface area contributed by atoms with Crippen molar-refractivity contribution in [1.82, 2.24) is 4.90 Å². The minimum Gasteiger partial charge on any atom is -0.507 e. The van der Waals surface area contributed by atoms with Crippen molar-refractivity contribution in [1.29, 1.82) is 0 Å². The zero-order valence-corrected chi connectivity index (χ0v) is 14.7. The fourth-order valence-electron chi connectivity index (χ4n) is 3.10. The molecule has 0 aliphatic carbocycles. The van der Waals surface area contributed by atoms with E-state index in [0.29, 0.717) is 16.9 Å². The number of likely N-dealkylation sites (tertiary alicyclic amines) is 1. The van der Waals surface area contributed by atoms with Crippen LogP contribution in [0.2, 0.25) is 0 Å². The topological polar surface area (TPSA) is 66.8 Å². The number of ether oxygens (including phenoxy) is 1. The quantitative estimate of drug-likeness (QED) is 0.380. The first-order valence-electron chi connectivity index (χ1n) is 8.27. The summed E-state index contributed by atoms with van der Waals surface area (Å²) in [7, 11) is 1.52. The molecule has 0 aromatic heterocycles. The highest BCUT2D eigenvalue weighted by atomic mass is 19.1. The van der Waals surface area contributed by atoms with Crippen LogP contribution in [-0.2, 0) is 9.59 Å². The first kappa shape index (κ1) is 18.4. The van der Waals surface area contributed by atoms with Gasteiger partial charge in [0.05, 0.1) is 18.7 Å². The van der Waals surface area contributed by atoms with Gasteiger partial charge in [-0.3, -0.25) is 9.59 Å². The lowest BCUT2D eigenvalue weighted by Gasteiger charge is -2.24. The van der Waals surface area contributed by atoms with Crippen LogP contribution in [0.15, 0.2) is 66.8 Å². The van der Waals surface area contributed by atoms with Gasteiger partial charge in [-0.05, 0) is 42.0 Å². The van der Waals surface area contributed by atoms with Gasteiger partial charge in [0.2, 0.25) is 0 Å². The number of carbonyl (C=O) groups excluding carboxylic acids is 2. The largest absolute Gasteiger partial charge is 0.507 e. The van der Waals surface area contributed by atoms with E-state index >= 15 is 0 Å². The number of hydrogen-bond acceptors (Lipinski definition) is 4. The lowest BCUT2D eigenvalue weighted by Crippen LogP contribution is -2.29. The average Bonchev–Trinajstić information content (AvgIpc) is 2.93. The van der Waals surface area contributed by atoms with E-state index in [1.165, 1.54) is 42.4 Å². The molecule has 3 rings (SSSR count). The van der Waals surface area contributed by atoms with E-state index in [2.05, 4.69) is 6.58 Å². The molecule has 1 amide bonds. The summed E-state index contributed by atoms with van der Waals surface area (Å²) in [6.45, 7) is 3.73. The lowest BCUT2D eigenvalue weighted by atomic mass is 9.95. The summed E-state index contributed by atoms with van der Waals surface area (Å²) in [6, 6.07) is 11.1. The van der Waals surface area contributed by atoms with E-state index < -0.39 is 23.5 Å². The molecule has 1 heterocycles. The maximum atomic E-state index is 13.3. The van der Waals surface area contributed by atoms with Crippen molar-refractivity contribution in [2.45, 2.75) is 6.04 Å². The summed E-state index contributed by atoms with van der Waals surface area (Å²) >= 11 is 0. The summed E-state index contributed by atoms with van der Waals surface area (Å²) in [6.07, 6.45) is 1.50. The van der Waals surface area contributed by atoms with E-state index in [1.54, 1.807) is 24.3 Å². The van der Waals surface area contributed by atoms with Crippen molar-refractivity contribution in [2.24, 2.45) is 0 Å². The Bertz CT molecular complexity index is 916. The normalized spacial score (nSPS) is 18.6. The Labute approximate surface area is 156 Å². The zero-order valence-electron chi connectivity index (χ0n) is 14.7. The monoisotopic (exact) mass is 367 g/mol. The molecule has 1 aliphatic rings. The summed E-state index contributed by atoms with van der Waals surface area (Å²) in [4.78, 5) is 26.4. The number of benzene rings is 2. The van der Waals surface area contributed by atoms with Crippen molar-refractivity contribution in [2.75, 3.05) is 13.7 Å². The number of nitrogens with zero attached hydrogens (tertiary/aromatic N) is 1. The maximum Gasteiger partial charge on any atom is 0.295 e. The molecule has 1 aliphatic heterocycles. The van der Waals surface area contributed by atoms with Crippen LogP contribution in [0.1, 0.15) is 17.2 Å². The van der Waals surface area contributed by atoms with Crippen LogP contribution in [-0.4, -0.2) is 35.4 Å². The standard InChI is InChI=1S/C21H18FNO4/c1-3-12-23-18(13-4-8-15(22)9-5-13)17(20(25)21(23)26)19(24)14-6-10-16(27-2)11-7-14/h3-11,18,24H,1,12H2,2H3/t18-/m0/s1. The SMILES string of the molecule is C=CCN1C(=O)C(=O)C(=C(O)c2ccc(OC)cc2)[C@@H]1c1ccc(F)cc1. The number of Topliss-reactive ketones (excluding diaryl/α,β-unsaturated/α-hetero) is 1. The molecule has 1 fully saturated rings. The van der Waals surface area contributed by atoms with E-state index in [1.807, 2.05) is 0 Å². The Hall–Kier alpha value is -3.41. The number of aliphatic hydroxyl groups excluding tert-OH is 1. The van der Waals surface area contributed by atoms with Crippen LogP contribution in [0.4, 0.5) is 4.39 Å². The van der Waals surface area contributed by atoms with Crippen molar-refractivity contribution in [3.63, 3.8) is 0 Å². The molecule has 5 nitrogen and oxygen atoms in total. The summed E-state index contributed by atoms with van der Waals surface area (Å²) in [5.74, 6) is -1.67. The van der Waals surface area contributed by atoms with Crippen molar-refractivity contribution >= 4 is 17.4 Å². The molecule has 6 heteroatoms. The van der Waals surface area contributed by atoms with Crippen molar-refractivity contribution < 1.29 is 23.8 Å². The fourth-order valence-corrected chi connectivity index (χ4v) is 3.10. The van der Waals surface area contributed by atoms with Crippen LogP contribution in [0.5, 0.6) is 5.75 Å². The number of methoxy groups -OCH3 is 1. The number of halogens is 1. The Kier molecular flexibility index (Phi) is 5.07. The number of carbonyl (C=O) groups is 2. The van der Waals surface area contributed by atoms with E-state index in [4.69, 9.17) is 4.74 Å². The number of rotatable bonds is 5. The second-order valence-corrected chi connectivity index (χ2v) is 6.02. The lowest BCUT2D eigenvalue weighted by molar-refractivity contribution is -0.139. The van der Waals surface area contributed by atoms with Gasteiger partial charge < -0.3 is 14.7 Å². The molecule has 0 saturated carbocycles. The third-order valence-electron chi connectivity index (χ3n) is 4.41. The summed E-state index contributed by atoms with van der Waals surface area (Å²) in [5, 5.41) is 10.8. The third kappa shape index (κ3) is 3.33. The first-order valence-corrected chi connectivity index (χ1v) is 8.27. The van der Waals surface area contributed by atoms with Crippen LogP contribution in [0, 0.1) is 5.82 Å². The van der Waals surface area contributed by atoms with E-state index in [-0.39, 0.29) is 17.9 Å². The highest BCUT2D eigenvalue weighted by Crippen LogP contribution is 2.39. The average molecular weight is 367 g/mol. The van der Waals surface area contributed by atoms with Crippen LogP contribution in [0.3, 0.4) is 0 Å². The highest BCUT2D eigenvalue weighted by molar-refractivity contribution is 6.46. The molecular formula is C21H18FNO4. The number of hydrogen-bond donors (Lipinski definition) is 1. The van der Waals surface area contributed by atoms with E-state index in [0.717, 1.165) is 0 Å². The van der Waals surface area contributed by atoms with Gasteiger partial charge >= 0.3 is 0 Å². The molecule has 0 radical (unpaired) electrons. The third-order valence-corrected chi connectivity index (χ3v) is 4.41. The molecule has 0 bridgehead atoms. The molecule has 1 saturated heterocycles. The Morgan fingerprint density at radius 1 is 1.19 bits per heavy atom. The molecular weight excluding hydrogens is 349 g/mol. The second-order valence-electron chi connectivity index (χ2n) is 6.02. The van der Waals surface area contributed by atoms with Gasteiger partial charge in [0.25, 0.3) is 11.7 Å². The van der Waals surface area contributed by atoms with Gasteiger partial charge in [-0.25, -0.2) is 4.39 Å². The fraction of sp³-hybridized carbons (Fsp3) is 0.143. The van der Waals surface area contributed by atoms with Crippen LogP contribution >= 0.6 is 0 Å². The second kappa shape index (κ2) is 7.45. The number of amides is 1. The predicted molar refractivity (Wildman–Crippen MR) is 98.6 cm³/mol. The highest BCUT2D eigenvalue weighted by Gasteiger charge is 2.45. The number of ketones is 1. The van der Waals surface area contributed by atoms with Gasteiger partial charge in [-0.2, -0.15) is 0 Å². The molecule has 27 heavy (non-hydrogen) atoms. The molecule has 1 atom stereocenters. The van der Waals surface area contributed by atoms with Gasteiger partial charge in [0.15, 0.2) is 0 Å². The number of aliphatic hydroxyl groups is 1. The van der Waals surface area contributed by atoms with Gasteiger partial charge in [0, 0.05) is 12.1 Å². The van der Waals surface area contributed by atoms with Gasteiger partial charge in [-0.15, -0.1) is 6.58 Å². The zero-order chi connectivity index (χ0) is 19.6. The molecule has 138 valence electrons. The van der Waals surface area contributed by atoms with Crippen LogP contribution < -0.4 is 4.74 Å². The Balaban J connectivity index is 2.16. The molecule has 0 unspecified atom stereocenters. The summed E-state index contributed by atoms with van der Waals surface area (Å²) < 4.78 is 18.4. The molecule has 0 spiro atoms. The Morgan fingerprint density at radius 3 is 2.37 bits per heavy atom. The van der Waals surface area contributed by atoms with Gasteiger partial charge in [0.1, 0.15) is 17.3 Å². The smallest absolute Gasteiger partial charge is 0.295 e. The summed E-state index contributed by atoms with van der Waals surface area (Å²) in [5.41, 5.74) is 0.852. The maximum absolute atomic E-state index is 13.3. The van der Waals surface area contributed by atoms with Crippen molar-refractivity contribution in [3.8, 4) is 5.75 Å². The predicted octanol–water partition coefficient (Wildman–Crippen LogP) is 3.44. The van der Waals surface area contributed by atoms with Crippen molar-refractivity contribution in [3.05, 3.63) is 83.7 Å². The molecule has 2 aromatic carbocycles. The molecule has 2 aromatic rings. The van der Waals surface area contributed by atoms with Gasteiger partial charge in [-0.1, -0.05) is 18.2 Å². The Morgan fingerprint density at radius 2 is 1.81 bits per heavy atom. The minimum atomic E-state index is -0.828. The van der Waals surface area contributed by atoms with Crippen LogP contribution in [0.25, 0.3) is 5.76 Å². The first-order chi connectivity index (χ1) is 13.0.